The largest absolute Gasteiger partial charge is 0.497 e. The molecule has 0 aliphatic rings. The zero-order chi connectivity index (χ0) is 16.7. The number of hydrogen-bond donors (Lipinski definition) is 1. The van der Waals surface area contributed by atoms with Crippen LogP contribution in [0.25, 0.3) is 0 Å². The minimum Gasteiger partial charge on any atom is -0.497 e. The first-order chi connectivity index (χ1) is 11.1. The molecule has 0 saturated heterocycles. The van der Waals surface area contributed by atoms with Gasteiger partial charge in [0, 0.05) is 11.6 Å². The van der Waals surface area contributed by atoms with E-state index in [1.165, 1.54) is 0 Å². The first kappa shape index (κ1) is 17.2. The molecule has 2 aromatic carbocycles. The maximum atomic E-state index is 11.8. The van der Waals surface area contributed by atoms with Crippen molar-refractivity contribution in [3.63, 3.8) is 0 Å². The molecule has 0 spiro atoms. The Kier molecular flexibility index (Phi) is 6.29. The summed E-state index contributed by atoms with van der Waals surface area (Å²) < 4.78 is 10.6. The summed E-state index contributed by atoms with van der Waals surface area (Å²) in [6.07, 6.45) is 0.739. The molecule has 1 N–H and O–H groups in total. The highest BCUT2D eigenvalue weighted by Gasteiger charge is 2.04. The summed E-state index contributed by atoms with van der Waals surface area (Å²) in [5.74, 6) is 1.30. The number of benzene rings is 2. The molecule has 0 aliphatic heterocycles. The average molecular weight is 334 g/mol. The molecular weight excluding hydrogens is 314 g/mol. The summed E-state index contributed by atoms with van der Waals surface area (Å²) in [4.78, 5) is 11.8. The van der Waals surface area contributed by atoms with Crippen molar-refractivity contribution >= 4 is 17.5 Å². The lowest BCUT2D eigenvalue weighted by atomic mass is 10.1. The summed E-state index contributed by atoms with van der Waals surface area (Å²) in [5.41, 5.74) is 2.03. The molecule has 2 rings (SSSR count). The van der Waals surface area contributed by atoms with Crippen molar-refractivity contribution in [2.75, 3.05) is 20.3 Å². The lowest BCUT2D eigenvalue weighted by Gasteiger charge is -2.09. The van der Waals surface area contributed by atoms with Crippen LogP contribution in [0.2, 0.25) is 5.02 Å². The molecule has 0 bridgehead atoms. The number of methoxy groups -OCH3 is 1. The Balaban J connectivity index is 1.73. The van der Waals surface area contributed by atoms with Crippen LogP contribution in [0.4, 0.5) is 0 Å². The van der Waals surface area contributed by atoms with Crippen molar-refractivity contribution in [3.05, 3.63) is 58.6 Å². The molecule has 4 nitrogen and oxygen atoms in total. The second-order valence-electron chi connectivity index (χ2n) is 5.15. The summed E-state index contributed by atoms with van der Waals surface area (Å²) >= 11 is 5.95. The fraction of sp³-hybridized carbons (Fsp3) is 0.278. The van der Waals surface area contributed by atoms with Gasteiger partial charge in [0.1, 0.15) is 11.5 Å². The average Bonchev–Trinajstić information content (AvgIpc) is 2.56. The Bertz CT molecular complexity index is 673. The van der Waals surface area contributed by atoms with Crippen LogP contribution in [0.5, 0.6) is 11.5 Å². The van der Waals surface area contributed by atoms with Gasteiger partial charge in [-0.2, -0.15) is 0 Å². The van der Waals surface area contributed by atoms with E-state index in [-0.39, 0.29) is 12.5 Å². The maximum absolute atomic E-state index is 11.8. The van der Waals surface area contributed by atoms with Crippen molar-refractivity contribution in [1.82, 2.24) is 5.32 Å². The molecule has 0 atom stereocenters. The van der Waals surface area contributed by atoms with E-state index < -0.39 is 0 Å². The van der Waals surface area contributed by atoms with E-state index >= 15 is 0 Å². The Morgan fingerprint density at radius 1 is 1.17 bits per heavy atom. The monoisotopic (exact) mass is 333 g/mol. The Morgan fingerprint density at radius 2 is 2.00 bits per heavy atom. The quantitative estimate of drug-likeness (QED) is 0.844. The summed E-state index contributed by atoms with van der Waals surface area (Å²) in [5, 5.41) is 3.51. The minimum absolute atomic E-state index is 0.0147. The Labute approximate surface area is 141 Å². The molecule has 0 saturated carbocycles. The summed E-state index contributed by atoms with van der Waals surface area (Å²) in [6.45, 7) is 2.43. The predicted octanol–water partition coefficient (Wildman–Crippen LogP) is 3.39. The maximum Gasteiger partial charge on any atom is 0.257 e. The highest BCUT2D eigenvalue weighted by atomic mass is 35.5. The van der Waals surface area contributed by atoms with Crippen LogP contribution in [0.1, 0.15) is 11.1 Å². The Hall–Kier alpha value is -2.20. The van der Waals surface area contributed by atoms with Crippen molar-refractivity contribution in [2.45, 2.75) is 13.3 Å². The number of hydrogen-bond acceptors (Lipinski definition) is 3. The number of aryl methyl sites for hydroxylation is 1. The van der Waals surface area contributed by atoms with Crippen molar-refractivity contribution in [1.29, 1.82) is 0 Å². The molecule has 122 valence electrons. The van der Waals surface area contributed by atoms with Gasteiger partial charge >= 0.3 is 0 Å². The van der Waals surface area contributed by atoms with E-state index in [0.29, 0.717) is 17.3 Å². The number of carbonyl (C=O) groups is 1. The number of halogens is 1. The van der Waals surface area contributed by atoms with Crippen LogP contribution in [0.3, 0.4) is 0 Å². The highest BCUT2D eigenvalue weighted by Crippen LogP contribution is 2.20. The van der Waals surface area contributed by atoms with Crippen molar-refractivity contribution < 1.29 is 14.3 Å². The number of amides is 1. The van der Waals surface area contributed by atoms with E-state index in [9.17, 15) is 4.79 Å². The van der Waals surface area contributed by atoms with Gasteiger partial charge in [-0.1, -0.05) is 23.7 Å². The van der Waals surface area contributed by atoms with Gasteiger partial charge in [-0.3, -0.25) is 4.79 Å². The van der Waals surface area contributed by atoms with Crippen LogP contribution < -0.4 is 14.8 Å². The normalized spacial score (nSPS) is 10.2. The topological polar surface area (TPSA) is 47.6 Å². The molecule has 23 heavy (non-hydrogen) atoms. The van der Waals surface area contributed by atoms with Gasteiger partial charge in [-0.05, 0) is 54.8 Å². The first-order valence-electron chi connectivity index (χ1n) is 7.37. The molecule has 1 amide bonds. The minimum atomic E-state index is -0.152. The zero-order valence-electron chi connectivity index (χ0n) is 13.3. The molecule has 0 radical (unpaired) electrons. The van der Waals surface area contributed by atoms with E-state index in [4.69, 9.17) is 21.1 Å². The van der Waals surface area contributed by atoms with Crippen LogP contribution >= 0.6 is 11.6 Å². The Morgan fingerprint density at radius 3 is 2.74 bits per heavy atom. The zero-order valence-corrected chi connectivity index (χ0v) is 14.0. The molecule has 0 aromatic heterocycles. The third-order valence-corrected chi connectivity index (χ3v) is 3.79. The SMILES string of the molecule is COc1cccc(CCNC(=O)COc2ccc(Cl)c(C)c2)c1. The van der Waals surface area contributed by atoms with Gasteiger partial charge in [0.15, 0.2) is 6.61 Å². The number of ether oxygens (including phenoxy) is 2. The van der Waals surface area contributed by atoms with Gasteiger partial charge in [0.25, 0.3) is 5.91 Å². The number of nitrogens with one attached hydrogen (secondary N) is 1. The van der Waals surface area contributed by atoms with Gasteiger partial charge < -0.3 is 14.8 Å². The number of carbonyl (C=O) groups excluding carboxylic acids is 1. The van der Waals surface area contributed by atoms with E-state index in [2.05, 4.69) is 5.32 Å². The lowest BCUT2D eigenvalue weighted by Crippen LogP contribution is -2.30. The van der Waals surface area contributed by atoms with Crippen LogP contribution in [0.15, 0.2) is 42.5 Å². The summed E-state index contributed by atoms with van der Waals surface area (Å²) in [6, 6.07) is 13.1. The van der Waals surface area contributed by atoms with Crippen molar-refractivity contribution in [2.24, 2.45) is 0 Å². The van der Waals surface area contributed by atoms with Crippen molar-refractivity contribution in [3.8, 4) is 11.5 Å². The summed E-state index contributed by atoms with van der Waals surface area (Å²) in [7, 11) is 1.64. The molecule has 2 aromatic rings. The molecule has 0 fully saturated rings. The smallest absolute Gasteiger partial charge is 0.257 e. The second kappa shape index (κ2) is 8.44. The molecular formula is C18H20ClNO3. The fourth-order valence-corrected chi connectivity index (χ4v) is 2.20. The first-order valence-corrected chi connectivity index (χ1v) is 7.75. The lowest BCUT2D eigenvalue weighted by molar-refractivity contribution is -0.123. The number of rotatable bonds is 7. The van der Waals surface area contributed by atoms with E-state index in [1.807, 2.05) is 37.3 Å². The standard InChI is InChI=1S/C18H20ClNO3/c1-13-10-16(6-7-17(13)19)23-12-18(21)20-9-8-14-4-3-5-15(11-14)22-2/h3-7,10-11H,8-9,12H2,1-2H3,(H,20,21). The fourth-order valence-electron chi connectivity index (χ4n) is 2.08. The molecule has 0 aliphatic carbocycles. The van der Waals surface area contributed by atoms with Gasteiger partial charge in [0.05, 0.1) is 7.11 Å². The molecule has 0 unspecified atom stereocenters. The van der Waals surface area contributed by atoms with E-state index in [0.717, 1.165) is 23.3 Å². The van der Waals surface area contributed by atoms with Crippen LogP contribution in [-0.2, 0) is 11.2 Å². The second-order valence-corrected chi connectivity index (χ2v) is 5.56. The molecule has 5 heteroatoms. The third kappa shape index (κ3) is 5.49. The highest BCUT2D eigenvalue weighted by molar-refractivity contribution is 6.31. The van der Waals surface area contributed by atoms with E-state index in [1.54, 1.807) is 19.2 Å². The van der Waals surface area contributed by atoms with Gasteiger partial charge in [-0.15, -0.1) is 0 Å². The van der Waals surface area contributed by atoms with Crippen LogP contribution in [-0.4, -0.2) is 26.2 Å². The van der Waals surface area contributed by atoms with Gasteiger partial charge in [0.2, 0.25) is 0 Å². The third-order valence-electron chi connectivity index (χ3n) is 3.37. The molecule has 0 heterocycles. The predicted molar refractivity (Wildman–Crippen MR) is 91.4 cm³/mol. The van der Waals surface area contributed by atoms with Gasteiger partial charge in [-0.25, -0.2) is 0 Å². The van der Waals surface area contributed by atoms with Crippen LogP contribution in [0, 0.1) is 6.92 Å².